The Morgan fingerprint density at radius 1 is 1.29 bits per heavy atom. The fourth-order valence-corrected chi connectivity index (χ4v) is 2.06. The normalized spacial score (nSPS) is 20.6. The molecule has 0 spiro atoms. The van der Waals surface area contributed by atoms with Gasteiger partial charge in [0.25, 0.3) is 0 Å². The molecule has 2 heterocycles. The topological polar surface area (TPSA) is 37.8 Å². The highest BCUT2D eigenvalue weighted by Gasteiger charge is 2.28. The van der Waals surface area contributed by atoms with Gasteiger partial charge in [-0.1, -0.05) is 0 Å². The predicted octanol–water partition coefficient (Wildman–Crippen LogP) is 1.31. The zero-order chi connectivity index (χ0) is 9.54. The summed E-state index contributed by atoms with van der Waals surface area (Å²) in [6.07, 6.45) is 3.64. The van der Waals surface area contributed by atoms with Crippen LogP contribution in [0.5, 0.6) is 0 Å². The lowest BCUT2D eigenvalue weighted by molar-refractivity contribution is 0.614. The van der Waals surface area contributed by atoms with E-state index in [1.165, 1.54) is 29.8 Å². The van der Waals surface area contributed by atoms with E-state index in [1.807, 2.05) is 0 Å². The molecule has 0 bridgehead atoms. The summed E-state index contributed by atoms with van der Waals surface area (Å²) >= 11 is 0. The molecule has 0 atom stereocenters. The van der Waals surface area contributed by atoms with Gasteiger partial charge in [-0.3, -0.25) is 0 Å². The Bertz CT molecular complexity index is 369. The van der Waals surface area contributed by atoms with Crippen molar-refractivity contribution in [2.75, 3.05) is 6.54 Å². The van der Waals surface area contributed by atoms with Crippen LogP contribution in [0.1, 0.15) is 41.5 Å². The second-order valence-electron chi connectivity index (χ2n) is 4.29. The van der Waals surface area contributed by atoms with E-state index in [0.717, 1.165) is 25.3 Å². The number of aryl methyl sites for hydroxylation is 1. The van der Waals surface area contributed by atoms with Crippen molar-refractivity contribution in [2.45, 2.75) is 38.6 Å². The summed E-state index contributed by atoms with van der Waals surface area (Å²) in [6.45, 7) is 4.12. The monoisotopic (exact) mass is 189 g/mol. The zero-order valence-corrected chi connectivity index (χ0v) is 8.51. The second-order valence-corrected chi connectivity index (χ2v) is 4.29. The summed E-state index contributed by atoms with van der Waals surface area (Å²) < 4.78 is 0. The highest BCUT2D eigenvalue weighted by atomic mass is 15.0. The summed E-state index contributed by atoms with van der Waals surface area (Å²) in [5, 5.41) is 3.37. The fourth-order valence-electron chi connectivity index (χ4n) is 2.06. The van der Waals surface area contributed by atoms with Crippen molar-refractivity contribution in [2.24, 2.45) is 0 Å². The molecule has 2 aliphatic rings. The Morgan fingerprint density at radius 3 is 2.93 bits per heavy atom. The molecule has 3 heteroatoms. The first-order valence-corrected chi connectivity index (χ1v) is 5.41. The Labute approximate surface area is 84.0 Å². The minimum Gasteiger partial charge on any atom is -0.312 e. The van der Waals surface area contributed by atoms with Gasteiger partial charge in [0.1, 0.15) is 5.82 Å². The average Bonchev–Trinajstić information content (AvgIpc) is 3.01. The number of fused-ring (bicyclic) bond motifs is 1. The fraction of sp³-hybridized carbons (Fsp3) is 0.636. The first-order chi connectivity index (χ1) is 6.84. The molecule has 0 unspecified atom stereocenters. The van der Waals surface area contributed by atoms with E-state index in [0.29, 0.717) is 5.92 Å². The molecule has 1 saturated carbocycles. The van der Waals surface area contributed by atoms with E-state index in [1.54, 1.807) is 0 Å². The number of hydrogen-bond donors (Lipinski definition) is 1. The van der Waals surface area contributed by atoms with Crippen LogP contribution in [-0.2, 0) is 13.0 Å². The molecular weight excluding hydrogens is 174 g/mol. The smallest absolute Gasteiger partial charge is 0.131 e. The number of rotatable bonds is 1. The van der Waals surface area contributed by atoms with E-state index in [2.05, 4.69) is 22.2 Å². The third kappa shape index (κ3) is 1.32. The quantitative estimate of drug-likeness (QED) is 0.723. The third-order valence-electron chi connectivity index (χ3n) is 3.10. The van der Waals surface area contributed by atoms with Gasteiger partial charge in [0.15, 0.2) is 0 Å². The summed E-state index contributed by atoms with van der Waals surface area (Å²) in [5.41, 5.74) is 3.81. The molecule has 3 rings (SSSR count). The number of nitrogens with one attached hydrogen (secondary N) is 1. The second kappa shape index (κ2) is 3.02. The maximum absolute atomic E-state index is 4.69. The van der Waals surface area contributed by atoms with Gasteiger partial charge >= 0.3 is 0 Å². The van der Waals surface area contributed by atoms with Crippen LogP contribution >= 0.6 is 0 Å². The molecule has 0 saturated heterocycles. The van der Waals surface area contributed by atoms with Gasteiger partial charge in [0.2, 0.25) is 0 Å². The van der Waals surface area contributed by atoms with E-state index in [4.69, 9.17) is 0 Å². The van der Waals surface area contributed by atoms with Crippen LogP contribution in [0.4, 0.5) is 0 Å². The van der Waals surface area contributed by atoms with Crippen LogP contribution in [0.15, 0.2) is 0 Å². The van der Waals surface area contributed by atoms with Crippen molar-refractivity contribution in [1.82, 2.24) is 15.3 Å². The van der Waals surface area contributed by atoms with Crippen LogP contribution in [-0.4, -0.2) is 16.5 Å². The van der Waals surface area contributed by atoms with E-state index in [9.17, 15) is 0 Å². The largest absolute Gasteiger partial charge is 0.312 e. The first-order valence-electron chi connectivity index (χ1n) is 5.41. The van der Waals surface area contributed by atoms with Crippen molar-refractivity contribution in [3.05, 3.63) is 22.8 Å². The Morgan fingerprint density at radius 2 is 2.14 bits per heavy atom. The zero-order valence-electron chi connectivity index (χ0n) is 8.51. The molecule has 1 aliphatic heterocycles. The van der Waals surface area contributed by atoms with Crippen molar-refractivity contribution >= 4 is 0 Å². The van der Waals surface area contributed by atoms with Crippen LogP contribution in [0.3, 0.4) is 0 Å². The molecule has 3 nitrogen and oxygen atoms in total. The first kappa shape index (κ1) is 8.36. The maximum atomic E-state index is 4.69. The molecule has 0 amide bonds. The molecule has 14 heavy (non-hydrogen) atoms. The lowest BCUT2D eigenvalue weighted by atomic mass is 10.1. The number of aromatic nitrogens is 2. The Kier molecular flexibility index (Phi) is 1.80. The lowest BCUT2D eigenvalue weighted by Crippen LogP contribution is -2.26. The summed E-state index contributed by atoms with van der Waals surface area (Å²) in [7, 11) is 0. The van der Waals surface area contributed by atoms with Gasteiger partial charge in [0.05, 0.1) is 5.69 Å². The number of nitrogens with zero attached hydrogens (tertiary/aromatic N) is 2. The summed E-state index contributed by atoms with van der Waals surface area (Å²) in [6, 6.07) is 0. The van der Waals surface area contributed by atoms with Gasteiger partial charge in [0, 0.05) is 36.7 Å². The minimum absolute atomic E-state index is 0.675. The predicted molar refractivity (Wildman–Crippen MR) is 54.2 cm³/mol. The van der Waals surface area contributed by atoms with E-state index < -0.39 is 0 Å². The van der Waals surface area contributed by atoms with Crippen LogP contribution < -0.4 is 5.32 Å². The van der Waals surface area contributed by atoms with Crippen molar-refractivity contribution in [3.63, 3.8) is 0 Å². The molecule has 1 aromatic heterocycles. The Hall–Kier alpha value is -0.960. The highest BCUT2D eigenvalue weighted by molar-refractivity contribution is 5.28. The molecule has 1 aromatic rings. The average molecular weight is 189 g/mol. The molecule has 0 aromatic carbocycles. The van der Waals surface area contributed by atoms with Crippen molar-refractivity contribution in [1.29, 1.82) is 0 Å². The van der Waals surface area contributed by atoms with Crippen LogP contribution in [0, 0.1) is 6.92 Å². The molecular formula is C11H15N3. The molecule has 74 valence electrons. The van der Waals surface area contributed by atoms with E-state index >= 15 is 0 Å². The van der Waals surface area contributed by atoms with Gasteiger partial charge in [-0.15, -0.1) is 0 Å². The van der Waals surface area contributed by atoms with E-state index in [-0.39, 0.29) is 0 Å². The van der Waals surface area contributed by atoms with Crippen LogP contribution in [0.25, 0.3) is 0 Å². The number of hydrogen-bond acceptors (Lipinski definition) is 3. The highest BCUT2D eigenvalue weighted by Crippen LogP contribution is 2.38. The van der Waals surface area contributed by atoms with Crippen LogP contribution in [0.2, 0.25) is 0 Å². The van der Waals surface area contributed by atoms with Gasteiger partial charge in [-0.05, 0) is 19.8 Å². The maximum Gasteiger partial charge on any atom is 0.131 e. The summed E-state index contributed by atoms with van der Waals surface area (Å²) in [5.74, 6) is 1.78. The van der Waals surface area contributed by atoms with Gasteiger partial charge in [-0.2, -0.15) is 0 Å². The van der Waals surface area contributed by atoms with Crippen molar-refractivity contribution < 1.29 is 0 Å². The summed E-state index contributed by atoms with van der Waals surface area (Å²) in [4.78, 5) is 9.28. The van der Waals surface area contributed by atoms with Gasteiger partial charge in [-0.25, -0.2) is 9.97 Å². The lowest BCUT2D eigenvalue weighted by Gasteiger charge is -2.18. The standard InChI is InChI=1S/C11H15N3/c1-7-9-6-12-5-4-10(9)14-11(13-7)8-2-3-8/h8,12H,2-6H2,1H3. The third-order valence-corrected chi connectivity index (χ3v) is 3.10. The molecule has 0 radical (unpaired) electrons. The molecule has 1 N–H and O–H groups in total. The Balaban J connectivity index is 2.06. The SMILES string of the molecule is Cc1nc(C2CC2)nc2c1CNCC2. The molecule has 1 aliphatic carbocycles. The van der Waals surface area contributed by atoms with Crippen molar-refractivity contribution in [3.8, 4) is 0 Å². The minimum atomic E-state index is 0.675. The molecule has 1 fully saturated rings. The van der Waals surface area contributed by atoms with Gasteiger partial charge < -0.3 is 5.32 Å².